The van der Waals surface area contributed by atoms with Crippen LogP contribution in [-0.2, 0) is 11.3 Å². The summed E-state index contributed by atoms with van der Waals surface area (Å²) in [5.74, 6) is 1.57. The maximum Gasteiger partial charge on any atom is 0.411 e. The summed E-state index contributed by atoms with van der Waals surface area (Å²) in [4.78, 5) is 11.2. The zero-order chi connectivity index (χ0) is 15.2. The largest absolute Gasteiger partial charge is 0.495 e. The summed E-state index contributed by atoms with van der Waals surface area (Å²) in [7, 11) is 2.97. The van der Waals surface area contributed by atoms with Gasteiger partial charge < -0.3 is 14.2 Å². The van der Waals surface area contributed by atoms with Crippen LogP contribution in [0.25, 0.3) is 0 Å². The van der Waals surface area contributed by atoms with Gasteiger partial charge in [-0.2, -0.15) is 0 Å². The molecule has 1 N–H and O–H groups in total. The molecule has 21 heavy (non-hydrogen) atoms. The Morgan fingerprint density at radius 1 is 1.29 bits per heavy atom. The van der Waals surface area contributed by atoms with Gasteiger partial charge in [0.25, 0.3) is 0 Å². The van der Waals surface area contributed by atoms with Gasteiger partial charge in [-0.3, -0.25) is 5.32 Å². The van der Waals surface area contributed by atoms with Crippen molar-refractivity contribution in [3.05, 3.63) is 40.1 Å². The van der Waals surface area contributed by atoms with E-state index >= 15 is 0 Å². The minimum atomic E-state index is -0.491. The van der Waals surface area contributed by atoms with Gasteiger partial charge in [0, 0.05) is 22.0 Å². The van der Waals surface area contributed by atoms with Gasteiger partial charge in [-0.25, -0.2) is 4.79 Å². The van der Waals surface area contributed by atoms with E-state index in [0.717, 1.165) is 22.6 Å². The first-order chi connectivity index (χ1) is 10.1. The minimum Gasteiger partial charge on any atom is -0.495 e. The van der Waals surface area contributed by atoms with Crippen LogP contribution in [0, 0.1) is 6.92 Å². The lowest BCUT2D eigenvalue weighted by Gasteiger charge is -2.11. The molecule has 1 amide bonds. The van der Waals surface area contributed by atoms with E-state index in [4.69, 9.17) is 9.47 Å². The van der Waals surface area contributed by atoms with Crippen LogP contribution >= 0.6 is 11.3 Å². The molecule has 1 aromatic carbocycles. The highest BCUT2D eigenvalue weighted by Crippen LogP contribution is 2.26. The number of carbonyl (C=O) groups is 1. The first-order valence-corrected chi connectivity index (χ1v) is 7.25. The Balaban J connectivity index is 2.02. The zero-order valence-electron chi connectivity index (χ0n) is 12.1. The molecule has 1 heterocycles. The first kappa shape index (κ1) is 15.2. The average Bonchev–Trinajstić information content (AvgIpc) is 2.95. The molecular formula is C15H17NO4S. The number of carbonyl (C=O) groups excluding carboxylic acids is 1. The maximum absolute atomic E-state index is 11.2. The summed E-state index contributed by atoms with van der Waals surface area (Å²) >= 11 is 1.57. The first-order valence-electron chi connectivity index (χ1n) is 6.31. The Morgan fingerprint density at radius 2 is 2.10 bits per heavy atom. The number of ether oxygens (including phenoxy) is 3. The molecule has 0 atom stereocenters. The van der Waals surface area contributed by atoms with E-state index in [1.54, 1.807) is 30.6 Å². The van der Waals surface area contributed by atoms with Gasteiger partial charge in [-0.1, -0.05) is 0 Å². The Morgan fingerprint density at radius 3 is 2.76 bits per heavy atom. The highest BCUT2D eigenvalue weighted by Gasteiger charge is 2.07. The lowest BCUT2D eigenvalue weighted by atomic mass is 10.2. The number of amides is 1. The van der Waals surface area contributed by atoms with Crippen LogP contribution in [0.2, 0.25) is 0 Å². The molecule has 0 aliphatic rings. The van der Waals surface area contributed by atoms with Gasteiger partial charge in [0.05, 0.1) is 14.2 Å². The zero-order valence-corrected chi connectivity index (χ0v) is 13.0. The molecule has 0 saturated heterocycles. The monoisotopic (exact) mass is 307 g/mol. The van der Waals surface area contributed by atoms with E-state index in [9.17, 15) is 4.79 Å². The number of thiophene rings is 1. The van der Waals surface area contributed by atoms with Gasteiger partial charge in [0.15, 0.2) is 0 Å². The SMILES string of the molecule is COC(=O)Nc1ccc(OCc2cscc2OC)cc1C. The molecule has 112 valence electrons. The highest BCUT2D eigenvalue weighted by atomic mass is 32.1. The minimum absolute atomic E-state index is 0.440. The summed E-state index contributed by atoms with van der Waals surface area (Å²) in [6, 6.07) is 5.45. The van der Waals surface area contributed by atoms with Crippen LogP contribution in [0.1, 0.15) is 11.1 Å². The Hall–Kier alpha value is -2.21. The van der Waals surface area contributed by atoms with E-state index in [1.807, 2.05) is 23.8 Å². The number of hydrogen-bond donors (Lipinski definition) is 1. The highest BCUT2D eigenvalue weighted by molar-refractivity contribution is 7.08. The molecule has 6 heteroatoms. The van der Waals surface area contributed by atoms with E-state index < -0.39 is 6.09 Å². The third kappa shape index (κ3) is 3.88. The third-order valence-electron chi connectivity index (χ3n) is 2.94. The summed E-state index contributed by atoms with van der Waals surface area (Å²) < 4.78 is 15.6. The van der Waals surface area contributed by atoms with Crippen LogP contribution in [-0.4, -0.2) is 20.3 Å². The molecular weight excluding hydrogens is 290 g/mol. The number of benzene rings is 1. The van der Waals surface area contributed by atoms with Crippen LogP contribution < -0.4 is 14.8 Å². The average molecular weight is 307 g/mol. The fraction of sp³-hybridized carbons (Fsp3) is 0.267. The molecule has 5 nitrogen and oxygen atoms in total. The quantitative estimate of drug-likeness (QED) is 0.912. The van der Waals surface area contributed by atoms with Crippen molar-refractivity contribution in [3.8, 4) is 11.5 Å². The van der Waals surface area contributed by atoms with Gasteiger partial charge >= 0.3 is 6.09 Å². The van der Waals surface area contributed by atoms with E-state index in [1.165, 1.54) is 7.11 Å². The van der Waals surface area contributed by atoms with Gasteiger partial charge in [-0.15, -0.1) is 11.3 Å². The topological polar surface area (TPSA) is 56.8 Å². The molecule has 0 fully saturated rings. The van der Waals surface area contributed by atoms with Crippen molar-refractivity contribution in [1.29, 1.82) is 0 Å². The van der Waals surface area contributed by atoms with Crippen molar-refractivity contribution in [2.45, 2.75) is 13.5 Å². The molecule has 0 radical (unpaired) electrons. The van der Waals surface area contributed by atoms with Crippen LogP contribution in [0.3, 0.4) is 0 Å². The maximum atomic E-state index is 11.2. The van der Waals surface area contributed by atoms with Crippen molar-refractivity contribution >= 4 is 23.1 Å². The number of nitrogens with one attached hydrogen (secondary N) is 1. The second-order valence-electron chi connectivity index (χ2n) is 4.35. The van der Waals surface area contributed by atoms with Gasteiger partial charge in [0.1, 0.15) is 18.1 Å². The Bertz CT molecular complexity index is 624. The Labute approximate surface area is 127 Å². The number of hydrogen-bond acceptors (Lipinski definition) is 5. The third-order valence-corrected chi connectivity index (χ3v) is 3.71. The van der Waals surface area contributed by atoms with Gasteiger partial charge in [-0.05, 0) is 30.7 Å². The standard InChI is InChI=1S/C15H17NO4S/c1-10-6-12(4-5-13(10)16-15(17)19-3)20-7-11-8-21-9-14(11)18-2/h4-6,8-9H,7H2,1-3H3,(H,16,17). The molecule has 0 unspecified atom stereocenters. The van der Waals surface area contributed by atoms with E-state index in [2.05, 4.69) is 10.1 Å². The predicted molar refractivity (Wildman–Crippen MR) is 82.4 cm³/mol. The lowest BCUT2D eigenvalue weighted by Crippen LogP contribution is -2.11. The van der Waals surface area contributed by atoms with Crippen LogP contribution in [0.4, 0.5) is 10.5 Å². The Kier molecular flexibility index (Phi) is 5.05. The molecule has 0 saturated carbocycles. The summed E-state index contributed by atoms with van der Waals surface area (Å²) in [5, 5.41) is 6.58. The van der Waals surface area contributed by atoms with Gasteiger partial charge in [0.2, 0.25) is 0 Å². The fourth-order valence-corrected chi connectivity index (χ4v) is 2.57. The van der Waals surface area contributed by atoms with E-state index in [0.29, 0.717) is 12.3 Å². The van der Waals surface area contributed by atoms with Crippen molar-refractivity contribution in [2.24, 2.45) is 0 Å². The van der Waals surface area contributed by atoms with Crippen molar-refractivity contribution in [2.75, 3.05) is 19.5 Å². The molecule has 2 rings (SSSR count). The number of rotatable bonds is 5. The van der Waals surface area contributed by atoms with E-state index in [-0.39, 0.29) is 0 Å². The van der Waals surface area contributed by atoms with Crippen molar-refractivity contribution in [1.82, 2.24) is 0 Å². The molecule has 0 aliphatic carbocycles. The number of methoxy groups -OCH3 is 2. The molecule has 0 bridgehead atoms. The van der Waals surface area contributed by atoms with Crippen LogP contribution in [0.15, 0.2) is 29.0 Å². The second kappa shape index (κ2) is 6.99. The number of anilines is 1. The smallest absolute Gasteiger partial charge is 0.411 e. The summed E-state index contributed by atoms with van der Waals surface area (Å²) in [6.45, 7) is 2.33. The predicted octanol–water partition coefficient (Wildman–Crippen LogP) is 3.82. The summed E-state index contributed by atoms with van der Waals surface area (Å²) in [6.07, 6.45) is -0.491. The van der Waals surface area contributed by atoms with Crippen LogP contribution in [0.5, 0.6) is 11.5 Å². The normalized spacial score (nSPS) is 10.0. The molecule has 0 aliphatic heterocycles. The van der Waals surface area contributed by atoms with Crippen molar-refractivity contribution in [3.63, 3.8) is 0 Å². The second-order valence-corrected chi connectivity index (χ2v) is 5.09. The van der Waals surface area contributed by atoms with Crippen molar-refractivity contribution < 1.29 is 19.0 Å². The number of aryl methyl sites for hydroxylation is 1. The lowest BCUT2D eigenvalue weighted by molar-refractivity contribution is 0.187. The molecule has 0 spiro atoms. The fourth-order valence-electron chi connectivity index (χ4n) is 1.78. The summed E-state index contributed by atoms with van der Waals surface area (Å²) in [5.41, 5.74) is 2.61. The molecule has 2 aromatic rings. The molecule has 1 aromatic heterocycles.